The van der Waals surface area contributed by atoms with Crippen molar-refractivity contribution in [2.24, 2.45) is 5.92 Å². The first kappa shape index (κ1) is 14.9. The molecule has 1 aromatic carbocycles. The van der Waals surface area contributed by atoms with E-state index in [1.165, 1.54) is 5.56 Å². The second kappa shape index (κ2) is 6.75. The summed E-state index contributed by atoms with van der Waals surface area (Å²) in [5.41, 5.74) is 2.01. The van der Waals surface area contributed by atoms with Gasteiger partial charge in [-0.1, -0.05) is 17.7 Å². The first-order valence-electron chi connectivity index (χ1n) is 7.31. The van der Waals surface area contributed by atoms with Crippen LogP contribution in [0.5, 0.6) is 0 Å². The van der Waals surface area contributed by atoms with E-state index in [-0.39, 0.29) is 18.7 Å². The molecule has 0 aliphatic heterocycles. The van der Waals surface area contributed by atoms with Crippen molar-refractivity contribution in [3.8, 4) is 0 Å². The highest BCUT2D eigenvalue weighted by atomic mass is 16.3. The molecule has 1 aromatic rings. The Kier molecular flexibility index (Phi) is 5.01. The predicted molar refractivity (Wildman–Crippen MR) is 80.8 cm³/mol. The number of rotatable bonds is 3. The molecule has 2 rings (SSSR count). The van der Waals surface area contributed by atoms with Gasteiger partial charge < -0.3 is 15.3 Å². The van der Waals surface area contributed by atoms with Crippen LogP contribution >= 0.6 is 0 Å². The van der Waals surface area contributed by atoms with Crippen LogP contribution in [0.25, 0.3) is 0 Å². The van der Waals surface area contributed by atoms with Gasteiger partial charge in [0, 0.05) is 25.4 Å². The van der Waals surface area contributed by atoms with Gasteiger partial charge in [0.15, 0.2) is 0 Å². The van der Waals surface area contributed by atoms with Crippen LogP contribution in [0.2, 0.25) is 0 Å². The summed E-state index contributed by atoms with van der Waals surface area (Å²) in [6.45, 7) is 2.29. The van der Waals surface area contributed by atoms with E-state index >= 15 is 0 Å². The fraction of sp³-hybridized carbons (Fsp3) is 0.562. The Morgan fingerprint density at radius 3 is 2.40 bits per heavy atom. The van der Waals surface area contributed by atoms with E-state index in [1.807, 2.05) is 38.2 Å². The number of aliphatic hydroxyl groups is 1. The molecule has 0 saturated heterocycles. The number of nitrogens with zero attached hydrogens (tertiary/aromatic N) is 1. The summed E-state index contributed by atoms with van der Waals surface area (Å²) >= 11 is 0. The van der Waals surface area contributed by atoms with Gasteiger partial charge in [-0.15, -0.1) is 0 Å². The van der Waals surface area contributed by atoms with Crippen LogP contribution in [-0.2, 0) is 0 Å². The summed E-state index contributed by atoms with van der Waals surface area (Å²) in [7, 11) is 1.85. The highest BCUT2D eigenvalue weighted by Crippen LogP contribution is 2.27. The Hall–Kier alpha value is -1.55. The number of carbonyl (C=O) groups excluding carboxylic acids is 1. The molecule has 4 heteroatoms. The maximum absolute atomic E-state index is 12.2. The van der Waals surface area contributed by atoms with E-state index in [4.69, 9.17) is 5.11 Å². The van der Waals surface area contributed by atoms with Gasteiger partial charge in [0.2, 0.25) is 0 Å². The van der Waals surface area contributed by atoms with E-state index < -0.39 is 0 Å². The molecule has 1 aliphatic rings. The summed E-state index contributed by atoms with van der Waals surface area (Å²) in [5.74, 6) is 0.416. The third-order valence-corrected chi connectivity index (χ3v) is 4.25. The predicted octanol–water partition coefficient (Wildman–Crippen LogP) is 3.01. The van der Waals surface area contributed by atoms with Crippen molar-refractivity contribution in [3.05, 3.63) is 29.8 Å². The number of nitrogens with one attached hydrogen (secondary N) is 1. The fourth-order valence-corrected chi connectivity index (χ4v) is 2.73. The van der Waals surface area contributed by atoms with E-state index in [9.17, 15) is 4.79 Å². The molecule has 1 aliphatic carbocycles. The van der Waals surface area contributed by atoms with Gasteiger partial charge >= 0.3 is 6.03 Å². The van der Waals surface area contributed by atoms with Gasteiger partial charge in [-0.25, -0.2) is 4.79 Å². The molecule has 2 N–H and O–H groups in total. The smallest absolute Gasteiger partial charge is 0.321 e. The summed E-state index contributed by atoms with van der Waals surface area (Å²) in [6.07, 6.45) is 3.96. The summed E-state index contributed by atoms with van der Waals surface area (Å²) in [5, 5.41) is 12.1. The Morgan fingerprint density at radius 1 is 1.25 bits per heavy atom. The normalized spacial score (nSPS) is 22.4. The molecular weight excluding hydrogens is 252 g/mol. The standard InChI is InChI=1S/C16H24N2O2/c1-12-3-7-14(8-4-12)17-16(20)18(2)15-9-5-13(11-19)6-10-15/h3-4,7-8,13,15,19H,5-6,9-11H2,1-2H3,(H,17,20). The maximum Gasteiger partial charge on any atom is 0.321 e. The van der Waals surface area contributed by atoms with Crippen LogP contribution in [0.1, 0.15) is 31.2 Å². The number of aryl methyl sites for hydroxylation is 1. The molecule has 0 aromatic heterocycles. The first-order valence-corrected chi connectivity index (χ1v) is 7.31. The highest BCUT2D eigenvalue weighted by Gasteiger charge is 2.26. The lowest BCUT2D eigenvalue weighted by molar-refractivity contribution is 0.139. The van der Waals surface area contributed by atoms with E-state index in [0.717, 1.165) is 31.4 Å². The average Bonchev–Trinajstić information content (AvgIpc) is 2.49. The number of amides is 2. The third-order valence-electron chi connectivity index (χ3n) is 4.25. The first-order chi connectivity index (χ1) is 9.60. The SMILES string of the molecule is Cc1ccc(NC(=O)N(C)C2CCC(CO)CC2)cc1. The summed E-state index contributed by atoms with van der Waals surface area (Å²) in [6, 6.07) is 8.04. The lowest BCUT2D eigenvalue weighted by Gasteiger charge is -2.34. The average molecular weight is 276 g/mol. The van der Waals surface area contributed by atoms with Crippen LogP contribution in [0.3, 0.4) is 0 Å². The molecular formula is C16H24N2O2. The molecule has 1 fully saturated rings. The number of hydrogen-bond donors (Lipinski definition) is 2. The maximum atomic E-state index is 12.2. The minimum Gasteiger partial charge on any atom is -0.396 e. The van der Waals surface area contributed by atoms with Crippen molar-refractivity contribution in [1.82, 2.24) is 4.90 Å². The van der Waals surface area contributed by atoms with Crippen molar-refractivity contribution in [1.29, 1.82) is 0 Å². The molecule has 110 valence electrons. The molecule has 1 saturated carbocycles. The van der Waals surface area contributed by atoms with Crippen LogP contribution < -0.4 is 5.32 Å². The number of urea groups is 1. The molecule has 0 unspecified atom stereocenters. The topological polar surface area (TPSA) is 52.6 Å². The molecule has 0 bridgehead atoms. The van der Waals surface area contributed by atoms with Gasteiger partial charge in [0.1, 0.15) is 0 Å². The van der Waals surface area contributed by atoms with Gasteiger partial charge in [0.05, 0.1) is 0 Å². The Labute approximate surface area is 120 Å². The Bertz CT molecular complexity index is 436. The monoisotopic (exact) mass is 276 g/mol. The second-order valence-electron chi connectivity index (χ2n) is 5.76. The number of anilines is 1. The Balaban J connectivity index is 1.87. The van der Waals surface area contributed by atoms with Crippen molar-refractivity contribution in [2.45, 2.75) is 38.6 Å². The van der Waals surface area contributed by atoms with E-state index in [2.05, 4.69) is 5.32 Å². The van der Waals surface area contributed by atoms with Gasteiger partial charge in [0.25, 0.3) is 0 Å². The van der Waals surface area contributed by atoms with Gasteiger partial charge in [-0.05, 0) is 50.7 Å². The van der Waals surface area contributed by atoms with Gasteiger partial charge in [-0.2, -0.15) is 0 Å². The number of hydrogen-bond acceptors (Lipinski definition) is 2. The minimum atomic E-state index is -0.0544. The van der Waals surface area contributed by atoms with Crippen molar-refractivity contribution < 1.29 is 9.90 Å². The lowest BCUT2D eigenvalue weighted by Crippen LogP contribution is -2.42. The van der Waals surface area contributed by atoms with Crippen LogP contribution in [0, 0.1) is 12.8 Å². The van der Waals surface area contributed by atoms with Crippen molar-refractivity contribution in [2.75, 3.05) is 19.0 Å². The van der Waals surface area contributed by atoms with Crippen molar-refractivity contribution >= 4 is 11.7 Å². The zero-order valence-corrected chi connectivity index (χ0v) is 12.3. The molecule has 20 heavy (non-hydrogen) atoms. The molecule has 0 spiro atoms. The lowest BCUT2D eigenvalue weighted by atomic mass is 9.86. The number of aliphatic hydroxyl groups excluding tert-OH is 1. The van der Waals surface area contributed by atoms with Crippen molar-refractivity contribution in [3.63, 3.8) is 0 Å². The zero-order chi connectivity index (χ0) is 14.5. The van der Waals surface area contributed by atoms with Crippen LogP contribution in [-0.4, -0.2) is 35.7 Å². The summed E-state index contributed by atoms with van der Waals surface area (Å²) < 4.78 is 0. The van der Waals surface area contributed by atoms with Gasteiger partial charge in [-0.3, -0.25) is 0 Å². The summed E-state index contributed by atoms with van der Waals surface area (Å²) in [4.78, 5) is 14.0. The zero-order valence-electron chi connectivity index (χ0n) is 12.3. The molecule has 0 heterocycles. The number of carbonyl (C=O) groups is 1. The Morgan fingerprint density at radius 2 is 1.85 bits per heavy atom. The molecule has 2 amide bonds. The third kappa shape index (κ3) is 3.73. The van der Waals surface area contributed by atoms with Crippen LogP contribution in [0.4, 0.5) is 10.5 Å². The van der Waals surface area contributed by atoms with Crippen LogP contribution in [0.15, 0.2) is 24.3 Å². The largest absolute Gasteiger partial charge is 0.396 e. The minimum absolute atomic E-state index is 0.0544. The van der Waals surface area contributed by atoms with E-state index in [1.54, 1.807) is 4.90 Å². The van der Waals surface area contributed by atoms with E-state index in [0.29, 0.717) is 5.92 Å². The number of benzene rings is 1. The molecule has 0 atom stereocenters. The fourth-order valence-electron chi connectivity index (χ4n) is 2.73. The highest BCUT2D eigenvalue weighted by molar-refractivity contribution is 5.89. The molecule has 0 radical (unpaired) electrons. The second-order valence-corrected chi connectivity index (χ2v) is 5.76. The molecule has 4 nitrogen and oxygen atoms in total. The quantitative estimate of drug-likeness (QED) is 0.891.